The van der Waals surface area contributed by atoms with Crippen molar-refractivity contribution in [3.8, 4) is 11.4 Å². The Hall–Kier alpha value is -6.18. The Labute approximate surface area is 333 Å². The molecule has 5 aromatic rings. The van der Waals surface area contributed by atoms with E-state index in [0.717, 1.165) is 31.3 Å². The molecule has 2 aromatic heterocycles. The predicted octanol–water partition coefficient (Wildman–Crippen LogP) is 4.18. The third-order valence-corrected chi connectivity index (χ3v) is 9.20. The van der Waals surface area contributed by atoms with Gasteiger partial charge in [0.1, 0.15) is 12.4 Å². The van der Waals surface area contributed by atoms with Crippen LogP contribution in [-0.2, 0) is 46.5 Å². The molecule has 314 valence electrons. The van der Waals surface area contributed by atoms with Gasteiger partial charge in [0.05, 0.1) is 16.5 Å². The molecule has 0 saturated carbocycles. The van der Waals surface area contributed by atoms with Crippen LogP contribution in [0.15, 0.2) is 83.9 Å². The predicted molar refractivity (Wildman–Crippen MR) is 203 cm³/mol. The minimum absolute atomic E-state index is 0.0524. The molecule has 0 aliphatic rings. The van der Waals surface area contributed by atoms with Crippen molar-refractivity contribution < 1.29 is 56.8 Å². The molecule has 0 radical (unpaired) electrons. The van der Waals surface area contributed by atoms with Gasteiger partial charge in [-0.1, -0.05) is 50.2 Å². The van der Waals surface area contributed by atoms with E-state index in [1.807, 2.05) is 13.8 Å². The second-order valence-corrected chi connectivity index (χ2v) is 13.0. The van der Waals surface area contributed by atoms with E-state index >= 15 is 0 Å². The fourth-order valence-electron chi connectivity index (χ4n) is 5.84. The zero-order chi connectivity index (χ0) is 43.4. The van der Waals surface area contributed by atoms with Gasteiger partial charge in [0.25, 0.3) is 5.56 Å². The number of carboxylic acids is 2. The molecule has 0 fully saturated rings. The number of rotatable bonds is 16. The van der Waals surface area contributed by atoms with Crippen LogP contribution in [0.4, 0.5) is 22.0 Å². The van der Waals surface area contributed by atoms with Crippen molar-refractivity contribution >= 4 is 28.7 Å². The lowest BCUT2D eigenvalue weighted by Crippen LogP contribution is -2.40. The van der Waals surface area contributed by atoms with Gasteiger partial charge in [-0.05, 0) is 55.4 Å². The molecule has 1 amide bonds. The van der Waals surface area contributed by atoms with E-state index in [4.69, 9.17) is 20.4 Å². The summed E-state index contributed by atoms with van der Waals surface area (Å²) in [6.45, 7) is 6.50. The molecule has 0 bridgehead atoms. The first-order valence-electron chi connectivity index (χ1n) is 18.2. The summed E-state index contributed by atoms with van der Waals surface area (Å²) >= 11 is 0. The zero-order valence-corrected chi connectivity index (χ0v) is 31.8. The van der Waals surface area contributed by atoms with Crippen molar-refractivity contribution in [2.24, 2.45) is 0 Å². The fraction of sp³-hybridized carbons (Fsp3) is 0.325. The summed E-state index contributed by atoms with van der Waals surface area (Å²) in [7, 11) is 0. The molecule has 0 aliphatic heterocycles. The van der Waals surface area contributed by atoms with Gasteiger partial charge in [0.2, 0.25) is 5.91 Å². The Kier molecular flexibility index (Phi) is 15.8. The fourth-order valence-corrected chi connectivity index (χ4v) is 5.84. The number of para-hydroxylation sites is 1. The average molecular weight is 829 g/mol. The van der Waals surface area contributed by atoms with E-state index in [0.29, 0.717) is 35.1 Å². The number of benzene rings is 3. The Morgan fingerprint density at radius 1 is 0.814 bits per heavy atom. The van der Waals surface area contributed by atoms with E-state index in [9.17, 15) is 41.1 Å². The molecule has 2 heterocycles. The van der Waals surface area contributed by atoms with Gasteiger partial charge in [0.15, 0.2) is 29.7 Å². The van der Waals surface area contributed by atoms with Crippen LogP contribution in [0.1, 0.15) is 36.4 Å². The van der Waals surface area contributed by atoms with Crippen LogP contribution in [0.5, 0.6) is 0 Å². The summed E-state index contributed by atoms with van der Waals surface area (Å²) in [5, 5.41) is 32.8. The summed E-state index contributed by atoms with van der Waals surface area (Å²) in [5.41, 5.74) is 0.368. The number of hydrogen-bond donors (Lipinski definition) is 4. The van der Waals surface area contributed by atoms with Crippen molar-refractivity contribution in [3.63, 3.8) is 0 Å². The van der Waals surface area contributed by atoms with Crippen LogP contribution in [0.2, 0.25) is 0 Å². The number of hydrogen-bond acceptors (Lipinski definition) is 10. The molecule has 0 aliphatic carbocycles. The molecule has 4 N–H and O–H groups in total. The maximum absolute atomic E-state index is 14.5. The quantitative estimate of drug-likeness (QED) is 0.104. The number of carboxylic acid groups (broad SMARTS) is 2. The van der Waals surface area contributed by atoms with Gasteiger partial charge in [-0.2, -0.15) is 18.2 Å². The van der Waals surface area contributed by atoms with Crippen LogP contribution < -0.4 is 5.56 Å². The SMILES string of the molecule is CCN(CC)CCN(Cc1cnc(-c2ccc(C(F)(F)F)cc2)nc1)C(=O)Cn1c(CCc2cccc(F)c2F)nc(=O)c2ccccc21.O=C(O)C(O)C(O)C(=O)O. The monoisotopic (exact) mass is 828 g/mol. The van der Waals surface area contributed by atoms with Gasteiger partial charge >= 0.3 is 18.1 Å². The second kappa shape index (κ2) is 20.5. The van der Waals surface area contributed by atoms with Crippen LogP contribution in [-0.4, -0.2) is 106 Å². The van der Waals surface area contributed by atoms with Crippen molar-refractivity contribution in [2.45, 2.75) is 58.2 Å². The van der Waals surface area contributed by atoms with Gasteiger partial charge in [-0.3, -0.25) is 9.59 Å². The number of carbonyl (C=O) groups is 3. The maximum atomic E-state index is 14.5. The van der Waals surface area contributed by atoms with Crippen molar-refractivity contribution in [1.29, 1.82) is 0 Å². The van der Waals surface area contributed by atoms with Crippen molar-refractivity contribution in [2.75, 3.05) is 26.2 Å². The summed E-state index contributed by atoms with van der Waals surface area (Å²) in [6.07, 6.45) is -5.79. The van der Waals surface area contributed by atoms with Crippen LogP contribution in [0.25, 0.3) is 22.3 Å². The lowest BCUT2D eigenvalue weighted by molar-refractivity contribution is -0.165. The average Bonchev–Trinajstić information content (AvgIpc) is 3.22. The molecule has 2 unspecified atom stereocenters. The highest BCUT2D eigenvalue weighted by atomic mass is 19.4. The number of aromatic nitrogens is 4. The van der Waals surface area contributed by atoms with Crippen molar-refractivity contribution in [1.82, 2.24) is 29.3 Å². The standard InChI is InChI=1S/C36H35F5N6O2.C4H6O6/c1-3-45(4-2)18-19-46(22-24-20-42-34(43-21-24)26-12-15-27(16-13-26)36(39,40)41)32(48)23-47-30-11-6-5-9-28(30)35(49)44-31(47)17-14-25-8-7-10-29(37)33(25)38;5-1(3(7)8)2(6)4(9)10/h5-13,15-16,20-21H,3-4,14,17-19,22-23H2,1-2H3;1-2,5-6H,(H,7,8)(H,9,10). The first kappa shape index (κ1) is 45.5. The molecule has 3 aromatic carbocycles. The number of aliphatic hydroxyl groups excluding tert-OH is 2. The minimum atomic E-state index is -4.46. The molecule has 0 saturated heterocycles. The smallest absolute Gasteiger partial charge is 0.416 e. The van der Waals surface area contributed by atoms with E-state index < -0.39 is 53.1 Å². The van der Waals surface area contributed by atoms with E-state index in [-0.39, 0.29) is 49.1 Å². The van der Waals surface area contributed by atoms with E-state index in [1.54, 1.807) is 33.7 Å². The number of fused-ring (bicyclic) bond motifs is 1. The maximum Gasteiger partial charge on any atom is 0.416 e. The molecule has 19 heteroatoms. The number of aliphatic hydroxyl groups is 2. The Bertz CT molecular complexity index is 2270. The van der Waals surface area contributed by atoms with E-state index in [2.05, 4.69) is 19.9 Å². The molecule has 14 nitrogen and oxygen atoms in total. The highest BCUT2D eigenvalue weighted by molar-refractivity contribution is 5.83. The summed E-state index contributed by atoms with van der Waals surface area (Å²) in [4.78, 5) is 63.4. The largest absolute Gasteiger partial charge is 0.479 e. The number of amides is 1. The van der Waals surface area contributed by atoms with Gasteiger partial charge < -0.3 is 34.8 Å². The Morgan fingerprint density at radius 2 is 1.42 bits per heavy atom. The third kappa shape index (κ3) is 12.2. The summed E-state index contributed by atoms with van der Waals surface area (Å²) in [5.74, 6) is -5.27. The highest BCUT2D eigenvalue weighted by Crippen LogP contribution is 2.30. The number of halogens is 5. The first-order valence-corrected chi connectivity index (χ1v) is 18.2. The number of carbonyl (C=O) groups excluding carboxylic acids is 1. The Balaban J connectivity index is 0.000000680. The van der Waals surface area contributed by atoms with Gasteiger partial charge in [0, 0.05) is 49.6 Å². The van der Waals surface area contributed by atoms with Gasteiger partial charge in [-0.15, -0.1) is 0 Å². The molecular weight excluding hydrogens is 787 g/mol. The molecule has 2 atom stereocenters. The van der Waals surface area contributed by atoms with Crippen molar-refractivity contribution in [3.05, 3.63) is 124 Å². The number of aliphatic carboxylic acids is 2. The lowest BCUT2D eigenvalue weighted by atomic mass is 10.1. The minimum Gasteiger partial charge on any atom is -0.479 e. The number of aryl methyl sites for hydroxylation is 2. The molecular formula is C40H41F5N6O8. The third-order valence-electron chi connectivity index (χ3n) is 9.20. The first-order chi connectivity index (χ1) is 27.9. The molecule has 5 rings (SSSR count). The zero-order valence-electron chi connectivity index (χ0n) is 31.8. The summed E-state index contributed by atoms with van der Waals surface area (Å²) in [6, 6.07) is 15.2. The molecule has 59 heavy (non-hydrogen) atoms. The number of alkyl halides is 3. The van der Waals surface area contributed by atoms with E-state index in [1.165, 1.54) is 36.7 Å². The summed E-state index contributed by atoms with van der Waals surface area (Å²) < 4.78 is 69.0. The normalized spacial score (nSPS) is 12.4. The number of nitrogens with zero attached hydrogens (tertiary/aromatic N) is 6. The second-order valence-electron chi connectivity index (χ2n) is 13.0. The topological polar surface area (TPSA) is 199 Å². The lowest BCUT2D eigenvalue weighted by Gasteiger charge is -2.27. The number of likely N-dealkylation sites (N-methyl/N-ethyl adjacent to an activating group) is 1. The van der Waals surface area contributed by atoms with Crippen LogP contribution in [0, 0.1) is 11.6 Å². The molecule has 0 spiro atoms. The van der Waals surface area contributed by atoms with Crippen LogP contribution >= 0.6 is 0 Å². The Morgan fingerprint density at radius 3 is 2.00 bits per heavy atom. The van der Waals surface area contributed by atoms with Gasteiger partial charge in [-0.25, -0.2) is 28.3 Å². The van der Waals surface area contributed by atoms with Crippen LogP contribution in [0.3, 0.4) is 0 Å². The highest BCUT2D eigenvalue weighted by Gasteiger charge is 2.30.